The summed E-state index contributed by atoms with van der Waals surface area (Å²) in [6.45, 7) is 0.670. The molecule has 4 heteroatoms. The van der Waals surface area contributed by atoms with Gasteiger partial charge in [0, 0.05) is 16.6 Å². The fourth-order valence-corrected chi connectivity index (χ4v) is 2.94. The predicted molar refractivity (Wildman–Crippen MR) is 92.7 cm³/mol. The van der Waals surface area contributed by atoms with Crippen LogP contribution in [0.5, 0.6) is 0 Å². The molecule has 0 unspecified atom stereocenters. The largest absolute Gasteiger partial charge is 0.478 e. The molecule has 0 atom stereocenters. The van der Waals surface area contributed by atoms with E-state index in [4.69, 9.17) is 5.73 Å². The van der Waals surface area contributed by atoms with Crippen molar-refractivity contribution >= 4 is 16.9 Å². The Morgan fingerprint density at radius 2 is 1.87 bits per heavy atom. The van der Waals surface area contributed by atoms with Crippen molar-refractivity contribution in [3.05, 3.63) is 59.7 Å². The van der Waals surface area contributed by atoms with Crippen LogP contribution in [0, 0.1) is 0 Å². The molecule has 3 rings (SSSR count). The van der Waals surface area contributed by atoms with E-state index in [1.54, 1.807) is 12.1 Å². The van der Waals surface area contributed by atoms with Crippen LogP contribution < -0.4 is 5.73 Å². The van der Waals surface area contributed by atoms with Crippen LogP contribution in [0.15, 0.2) is 48.5 Å². The zero-order valence-corrected chi connectivity index (χ0v) is 12.9. The average molecular weight is 308 g/mol. The van der Waals surface area contributed by atoms with Crippen LogP contribution in [-0.4, -0.2) is 22.6 Å². The van der Waals surface area contributed by atoms with Gasteiger partial charge in [-0.25, -0.2) is 4.79 Å². The number of aromatic nitrogens is 1. The molecular formula is C19H20N2O2. The number of H-pyrrole nitrogens is 1. The summed E-state index contributed by atoms with van der Waals surface area (Å²) in [5.74, 6) is -0.901. The standard InChI is InChI=1S/C19H20N2O2/c20-11-5-4-8-15-16-12-14(19(22)23)9-10-17(16)21-18(15)13-6-2-1-3-7-13/h1-3,6-7,9-10,12,21H,4-5,8,11,20H2,(H,22,23). The number of benzene rings is 2. The van der Waals surface area contributed by atoms with Crippen LogP contribution in [0.1, 0.15) is 28.8 Å². The van der Waals surface area contributed by atoms with E-state index in [9.17, 15) is 9.90 Å². The van der Waals surface area contributed by atoms with Gasteiger partial charge in [-0.05, 0) is 55.1 Å². The van der Waals surface area contributed by atoms with Crippen molar-refractivity contribution in [3.8, 4) is 11.3 Å². The van der Waals surface area contributed by atoms with Gasteiger partial charge in [0.2, 0.25) is 0 Å². The van der Waals surface area contributed by atoms with Crippen molar-refractivity contribution in [2.75, 3.05) is 6.54 Å². The number of carbonyl (C=O) groups is 1. The van der Waals surface area contributed by atoms with Crippen LogP contribution >= 0.6 is 0 Å². The molecule has 0 bridgehead atoms. The number of nitrogens with two attached hydrogens (primary N) is 1. The number of aromatic carboxylic acids is 1. The minimum Gasteiger partial charge on any atom is -0.478 e. The Morgan fingerprint density at radius 3 is 2.57 bits per heavy atom. The van der Waals surface area contributed by atoms with E-state index in [1.807, 2.05) is 24.3 Å². The van der Waals surface area contributed by atoms with Crippen LogP contribution in [0.3, 0.4) is 0 Å². The Morgan fingerprint density at radius 1 is 1.09 bits per heavy atom. The molecule has 1 aromatic heterocycles. The number of fused-ring (bicyclic) bond motifs is 1. The highest BCUT2D eigenvalue weighted by molar-refractivity contribution is 5.97. The molecule has 0 aliphatic heterocycles. The predicted octanol–water partition coefficient (Wildman–Crippen LogP) is 3.81. The smallest absolute Gasteiger partial charge is 0.335 e. The summed E-state index contributed by atoms with van der Waals surface area (Å²) in [5, 5.41) is 10.2. The van der Waals surface area contributed by atoms with Crippen LogP contribution in [-0.2, 0) is 6.42 Å². The Bertz CT molecular complexity index is 822. The molecule has 0 saturated heterocycles. The second kappa shape index (κ2) is 6.67. The third-order valence-electron chi connectivity index (χ3n) is 4.10. The van der Waals surface area contributed by atoms with E-state index in [0.717, 1.165) is 41.4 Å². The van der Waals surface area contributed by atoms with E-state index < -0.39 is 5.97 Å². The molecule has 0 radical (unpaired) electrons. The van der Waals surface area contributed by atoms with Gasteiger partial charge in [0.1, 0.15) is 0 Å². The summed E-state index contributed by atoms with van der Waals surface area (Å²) in [6.07, 6.45) is 2.82. The van der Waals surface area contributed by atoms with Gasteiger partial charge in [0.25, 0.3) is 0 Å². The topological polar surface area (TPSA) is 79.1 Å². The van der Waals surface area contributed by atoms with Gasteiger partial charge in [-0.15, -0.1) is 0 Å². The molecule has 4 nitrogen and oxygen atoms in total. The lowest BCUT2D eigenvalue weighted by atomic mass is 9.99. The van der Waals surface area contributed by atoms with Crippen molar-refractivity contribution in [2.45, 2.75) is 19.3 Å². The van der Waals surface area contributed by atoms with Gasteiger partial charge >= 0.3 is 5.97 Å². The molecule has 118 valence electrons. The van der Waals surface area contributed by atoms with Crippen molar-refractivity contribution in [1.82, 2.24) is 4.98 Å². The first-order valence-corrected chi connectivity index (χ1v) is 7.84. The first kappa shape index (κ1) is 15.3. The highest BCUT2D eigenvalue weighted by atomic mass is 16.4. The number of aromatic amines is 1. The zero-order valence-electron chi connectivity index (χ0n) is 12.9. The van der Waals surface area contributed by atoms with Gasteiger partial charge in [-0.3, -0.25) is 0 Å². The minimum absolute atomic E-state index is 0.316. The van der Waals surface area contributed by atoms with Crippen molar-refractivity contribution in [1.29, 1.82) is 0 Å². The van der Waals surface area contributed by atoms with Crippen LogP contribution in [0.4, 0.5) is 0 Å². The molecule has 0 aliphatic rings. The Labute approximate surface area is 134 Å². The molecule has 0 aliphatic carbocycles. The molecule has 1 heterocycles. The highest BCUT2D eigenvalue weighted by Crippen LogP contribution is 2.32. The summed E-state index contributed by atoms with van der Waals surface area (Å²) in [4.78, 5) is 14.7. The van der Waals surface area contributed by atoms with Crippen LogP contribution in [0.25, 0.3) is 22.2 Å². The Balaban J connectivity index is 2.14. The third kappa shape index (κ3) is 3.12. The summed E-state index contributed by atoms with van der Waals surface area (Å²) < 4.78 is 0. The number of hydrogen-bond donors (Lipinski definition) is 3. The highest BCUT2D eigenvalue weighted by Gasteiger charge is 2.14. The fraction of sp³-hybridized carbons (Fsp3) is 0.211. The number of aryl methyl sites for hydroxylation is 1. The zero-order chi connectivity index (χ0) is 16.2. The lowest BCUT2D eigenvalue weighted by Crippen LogP contribution is -1.99. The molecular weight excluding hydrogens is 288 g/mol. The normalized spacial score (nSPS) is 11.0. The number of unbranched alkanes of at least 4 members (excludes halogenated alkanes) is 1. The molecule has 0 saturated carbocycles. The molecule has 0 amide bonds. The number of carboxylic acids is 1. The SMILES string of the molecule is NCCCCc1c(-c2ccccc2)[nH]c2ccc(C(=O)O)cc12. The summed E-state index contributed by atoms with van der Waals surface area (Å²) in [7, 11) is 0. The van der Waals surface area contributed by atoms with Gasteiger partial charge in [-0.2, -0.15) is 0 Å². The summed E-state index contributed by atoms with van der Waals surface area (Å²) in [6, 6.07) is 15.4. The number of hydrogen-bond acceptors (Lipinski definition) is 2. The molecule has 0 fully saturated rings. The van der Waals surface area contributed by atoms with E-state index in [0.29, 0.717) is 12.1 Å². The van der Waals surface area contributed by atoms with Crippen molar-refractivity contribution in [2.24, 2.45) is 5.73 Å². The number of nitrogens with one attached hydrogen (secondary N) is 1. The molecule has 2 aromatic carbocycles. The van der Waals surface area contributed by atoms with Crippen LogP contribution in [0.2, 0.25) is 0 Å². The van der Waals surface area contributed by atoms with E-state index >= 15 is 0 Å². The van der Waals surface area contributed by atoms with Gasteiger partial charge in [0.15, 0.2) is 0 Å². The maximum absolute atomic E-state index is 11.3. The maximum Gasteiger partial charge on any atom is 0.335 e. The second-order valence-corrected chi connectivity index (χ2v) is 5.66. The fourth-order valence-electron chi connectivity index (χ4n) is 2.94. The molecule has 4 N–H and O–H groups in total. The van der Waals surface area contributed by atoms with E-state index in [2.05, 4.69) is 17.1 Å². The summed E-state index contributed by atoms with van der Waals surface area (Å²) in [5.41, 5.74) is 10.2. The average Bonchev–Trinajstić information content (AvgIpc) is 2.94. The van der Waals surface area contributed by atoms with Gasteiger partial charge in [-0.1, -0.05) is 30.3 Å². The summed E-state index contributed by atoms with van der Waals surface area (Å²) >= 11 is 0. The maximum atomic E-state index is 11.3. The van der Waals surface area contributed by atoms with Gasteiger partial charge in [0.05, 0.1) is 5.56 Å². The first-order valence-electron chi connectivity index (χ1n) is 7.84. The Kier molecular flexibility index (Phi) is 4.44. The molecule has 23 heavy (non-hydrogen) atoms. The van der Waals surface area contributed by atoms with E-state index in [1.165, 1.54) is 5.56 Å². The van der Waals surface area contributed by atoms with Crippen molar-refractivity contribution in [3.63, 3.8) is 0 Å². The second-order valence-electron chi connectivity index (χ2n) is 5.66. The molecule has 0 spiro atoms. The Hall–Kier alpha value is -2.59. The lowest BCUT2D eigenvalue weighted by Gasteiger charge is -2.05. The third-order valence-corrected chi connectivity index (χ3v) is 4.10. The lowest BCUT2D eigenvalue weighted by molar-refractivity contribution is 0.0697. The minimum atomic E-state index is -0.901. The monoisotopic (exact) mass is 308 g/mol. The first-order chi connectivity index (χ1) is 11.2. The number of carboxylic acid groups (broad SMARTS) is 1. The van der Waals surface area contributed by atoms with E-state index in [-0.39, 0.29) is 0 Å². The number of rotatable bonds is 6. The van der Waals surface area contributed by atoms with Gasteiger partial charge < -0.3 is 15.8 Å². The quantitative estimate of drug-likeness (QED) is 0.606. The van der Waals surface area contributed by atoms with Crippen molar-refractivity contribution < 1.29 is 9.90 Å². The molecule has 3 aromatic rings.